The number of hydrogen-bond acceptors (Lipinski definition) is 1. The number of nitrogens with zero attached hydrogens (tertiary/aromatic N) is 1. The first-order valence-corrected chi connectivity index (χ1v) is 4.94. The van der Waals surface area contributed by atoms with Gasteiger partial charge in [0, 0.05) is 19.0 Å². The maximum Gasteiger partial charge on any atom is 0.222 e. The van der Waals surface area contributed by atoms with Crippen molar-refractivity contribution in [2.75, 3.05) is 6.54 Å². The SMILES string of the molecule is CCN1C(=O)CCC1CC(C)C. The number of hydrogen-bond donors (Lipinski definition) is 0. The number of likely N-dealkylation sites (tertiary alicyclic amines) is 1. The smallest absolute Gasteiger partial charge is 0.222 e. The van der Waals surface area contributed by atoms with Gasteiger partial charge in [-0.2, -0.15) is 0 Å². The second kappa shape index (κ2) is 3.92. The van der Waals surface area contributed by atoms with E-state index in [4.69, 9.17) is 0 Å². The van der Waals surface area contributed by atoms with Gasteiger partial charge in [0.25, 0.3) is 0 Å². The molecule has 1 fully saturated rings. The minimum Gasteiger partial charge on any atom is -0.340 e. The van der Waals surface area contributed by atoms with Gasteiger partial charge in [0.1, 0.15) is 0 Å². The van der Waals surface area contributed by atoms with E-state index in [-0.39, 0.29) is 0 Å². The minimum absolute atomic E-state index is 0.350. The molecule has 0 saturated carbocycles. The molecule has 0 spiro atoms. The summed E-state index contributed by atoms with van der Waals surface area (Å²) in [4.78, 5) is 13.4. The largest absolute Gasteiger partial charge is 0.340 e. The highest BCUT2D eigenvalue weighted by atomic mass is 16.2. The van der Waals surface area contributed by atoms with Crippen LogP contribution in [-0.4, -0.2) is 23.4 Å². The van der Waals surface area contributed by atoms with Crippen molar-refractivity contribution < 1.29 is 4.79 Å². The van der Waals surface area contributed by atoms with Crippen LogP contribution in [0.15, 0.2) is 0 Å². The van der Waals surface area contributed by atoms with Crippen molar-refractivity contribution in [1.82, 2.24) is 4.90 Å². The van der Waals surface area contributed by atoms with Gasteiger partial charge in [-0.1, -0.05) is 13.8 Å². The molecular weight excluding hydrogens is 150 g/mol. The Balaban J connectivity index is 2.48. The standard InChI is InChI=1S/C10H19NO/c1-4-11-9(7-8(2)3)5-6-10(11)12/h8-9H,4-7H2,1-3H3. The van der Waals surface area contributed by atoms with Crippen LogP contribution in [0.5, 0.6) is 0 Å². The Morgan fingerprint density at radius 1 is 1.58 bits per heavy atom. The van der Waals surface area contributed by atoms with E-state index in [1.54, 1.807) is 0 Å². The van der Waals surface area contributed by atoms with E-state index in [9.17, 15) is 4.79 Å². The van der Waals surface area contributed by atoms with Crippen LogP contribution in [0, 0.1) is 5.92 Å². The van der Waals surface area contributed by atoms with Gasteiger partial charge in [0.2, 0.25) is 5.91 Å². The summed E-state index contributed by atoms with van der Waals surface area (Å²) in [5.74, 6) is 1.05. The second-order valence-corrected chi connectivity index (χ2v) is 4.00. The lowest BCUT2D eigenvalue weighted by molar-refractivity contribution is -0.128. The van der Waals surface area contributed by atoms with Crippen molar-refractivity contribution in [3.8, 4) is 0 Å². The average molecular weight is 169 g/mol. The third-order valence-electron chi connectivity index (χ3n) is 2.54. The third kappa shape index (κ3) is 1.99. The van der Waals surface area contributed by atoms with E-state index in [1.165, 1.54) is 6.42 Å². The predicted octanol–water partition coefficient (Wildman–Crippen LogP) is 2.04. The zero-order chi connectivity index (χ0) is 9.14. The lowest BCUT2D eigenvalue weighted by Gasteiger charge is -2.24. The van der Waals surface area contributed by atoms with Gasteiger partial charge in [-0.15, -0.1) is 0 Å². The Kier molecular flexibility index (Phi) is 3.12. The minimum atomic E-state index is 0.350. The summed E-state index contributed by atoms with van der Waals surface area (Å²) in [5.41, 5.74) is 0. The Hall–Kier alpha value is -0.530. The summed E-state index contributed by atoms with van der Waals surface area (Å²) >= 11 is 0. The van der Waals surface area contributed by atoms with Crippen LogP contribution in [0.1, 0.15) is 40.0 Å². The van der Waals surface area contributed by atoms with Crippen molar-refractivity contribution in [3.63, 3.8) is 0 Å². The Morgan fingerprint density at radius 3 is 2.75 bits per heavy atom. The van der Waals surface area contributed by atoms with Crippen LogP contribution in [0.25, 0.3) is 0 Å². The predicted molar refractivity (Wildman–Crippen MR) is 49.9 cm³/mol. The van der Waals surface area contributed by atoms with Crippen LogP contribution >= 0.6 is 0 Å². The van der Waals surface area contributed by atoms with E-state index in [1.807, 2.05) is 4.90 Å². The summed E-state index contributed by atoms with van der Waals surface area (Å²) in [5, 5.41) is 0. The van der Waals surface area contributed by atoms with Gasteiger partial charge in [0.15, 0.2) is 0 Å². The quantitative estimate of drug-likeness (QED) is 0.633. The molecule has 1 rings (SSSR count). The fourth-order valence-corrected chi connectivity index (χ4v) is 2.02. The lowest BCUT2D eigenvalue weighted by Crippen LogP contribution is -2.33. The van der Waals surface area contributed by atoms with Gasteiger partial charge in [-0.05, 0) is 25.7 Å². The average Bonchev–Trinajstić information content (AvgIpc) is 2.30. The molecule has 1 saturated heterocycles. The van der Waals surface area contributed by atoms with Gasteiger partial charge < -0.3 is 4.90 Å². The van der Waals surface area contributed by atoms with E-state index in [2.05, 4.69) is 20.8 Å². The summed E-state index contributed by atoms with van der Waals surface area (Å²) in [6.07, 6.45) is 3.01. The second-order valence-electron chi connectivity index (χ2n) is 4.00. The molecule has 70 valence electrons. The fourth-order valence-electron chi connectivity index (χ4n) is 2.02. The number of rotatable bonds is 3. The van der Waals surface area contributed by atoms with E-state index < -0.39 is 0 Å². The topological polar surface area (TPSA) is 20.3 Å². The van der Waals surface area contributed by atoms with Crippen LogP contribution in [0.4, 0.5) is 0 Å². The van der Waals surface area contributed by atoms with E-state index in [0.29, 0.717) is 17.9 Å². The number of amides is 1. The van der Waals surface area contributed by atoms with Crippen molar-refractivity contribution in [3.05, 3.63) is 0 Å². The zero-order valence-corrected chi connectivity index (χ0v) is 8.34. The van der Waals surface area contributed by atoms with Crippen molar-refractivity contribution in [1.29, 1.82) is 0 Å². The van der Waals surface area contributed by atoms with Crippen LogP contribution in [-0.2, 0) is 4.79 Å². The van der Waals surface area contributed by atoms with E-state index in [0.717, 1.165) is 19.4 Å². The normalized spacial score (nSPS) is 24.2. The van der Waals surface area contributed by atoms with Gasteiger partial charge in [-0.3, -0.25) is 4.79 Å². The first-order chi connectivity index (χ1) is 5.65. The molecule has 0 aliphatic carbocycles. The summed E-state index contributed by atoms with van der Waals surface area (Å²) in [7, 11) is 0. The molecule has 2 heteroatoms. The molecule has 0 aromatic heterocycles. The van der Waals surface area contributed by atoms with E-state index >= 15 is 0 Å². The molecule has 12 heavy (non-hydrogen) atoms. The monoisotopic (exact) mass is 169 g/mol. The third-order valence-corrected chi connectivity index (χ3v) is 2.54. The molecule has 0 aromatic rings. The molecule has 0 radical (unpaired) electrons. The van der Waals surface area contributed by atoms with Gasteiger partial charge in [0.05, 0.1) is 0 Å². The lowest BCUT2D eigenvalue weighted by atomic mass is 10.0. The number of carbonyl (C=O) groups is 1. The molecule has 0 N–H and O–H groups in total. The molecule has 2 nitrogen and oxygen atoms in total. The summed E-state index contributed by atoms with van der Waals surface area (Å²) in [6.45, 7) is 7.39. The summed E-state index contributed by atoms with van der Waals surface area (Å²) < 4.78 is 0. The van der Waals surface area contributed by atoms with Crippen LogP contribution in [0.2, 0.25) is 0 Å². The van der Waals surface area contributed by atoms with Crippen LogP contribution in [0.3, 0.4) is 0 Å². The zero-order valence-electron chi connectivity index (χ0n) is 8.34. The molecule has 1 aliphatic rings. The van der Waals surface area contributed by atoms with Crippen molar-refractivity contribution in [2.24, 2.45) is 5.92 Å². The van der Waals surface area contributed by atoms with Crippen molar-refractivity contribution in [2.45, 2.75) is 46.1 Å². The highest BCUT2D eigenvalue weighted by molar-refractivity contribution is 5.78. The fraction of sp³-hybridized carbons (Fsp3) is 0.900. The first kappa shape index (κ1) is 9.56. The highest BCUT2D eigenvalue weighted by Gasteiger charge is 2.29. The maximum atomic E-state index is 11.3. The highest BCUT2D eigenvalue weighted by Crippen LogP contribution is 2.23. The molecule has 1 heterocycles. The first-order valence-electron chi connectivity index (χ1n) is 4.94. The molecule has 0 bridgehead atoms. The Morgan fingerprint density at radius 2 is 2.25 bits per heavy atom. The molecule has 1 atom stereocenters. The molecule has 1 unspecified atom stereocenters. The Bertz CT molecular complexity index is 165. The van der Waals surface area contributed by atoms with Gasteiger partial charge in [-0.25, -0.2) is 0 Å². The van der Waals surface area contributed by atoms with Crippen molar-refractivity contribution >= 4 is 5.91 Å². The van der Waals surface area contributed by atoms with Crippen LogP contribution < -0.4 is 0 Å². The summed E-state index contributed by atoms with van der Waals surface area (Å²) in [6, 6.07) is 0.530. The molecule has 1 aliphatic heterocycles. The van der Waals surface area contributed by atoms with Gasteiger partial charge >= 0.3 is 0 Å². The molecule has 0 aromatic carbocycles. The molecular formula is C10H19NO. The number of carbonyl (C=O) groups excluding carboxylic acids is 1. The molecule has 1 amide bonds. The maximum absolute atomic E-state index is 11.3. The Labute approximate surface area is 74.9 Å².